The summed E-state index contributed by atoms with van der Waals surface area (Å²) in [6.07, 6.45) is 8.20. The highest BCUT2D eigenvalue weighted by atomic mass is 16.3. The van der Waals surface area contributed by atoms with Crippen molar-refractivity contribution in [2.24, 2.45) is 5.92 Å². The summed E-state index contributed by atoms with van der Waals surface area (Å²) in [5.41, 5.74) is -0.479. The number of hydrogen-bond acceptors (Lipinski definition) is 2. The van der Waals surface area contributed by atoms with Crippen molar-refractivity contribution in [2.45, 2.75) is 50.5 Å². The highest BCUT2D eigenvalue weighted by Gasteiger charge is 2.43. The molecule has 2 rings (SSSR count). The van der Waals surface area contributed by atoms with E-state index >= 15 is 0 Å². The Morgan fingerprint density at radius 2 is 2.29 bits per heavy atom. The Kier molecular flexibility index (Phi) is 3.87. The van der Waals surface area contributed by atoms with Crippen LogP contribution in [0.15, 0.2) is 12.7 Å². The molecule has 3 heteroatoms. The van der Waals surface area contributed by atoms with Crippen LogP contribution in [0.25, 0.3) is 0 Å². The van der Waals surface area contributed by atoms with Gasteiger partial charge in [0, 0.05) is 25.4 Å². The van der Waals surface area contributed by atoms with Crippen molar-refractivity contribution in [3.05, 3.63) is 12.7 Å². The van der Waals surface area contributed by atoms with E-state index in [1.54, 1.807) is 6.08 Å². The van der Waals surface area contributed by atoms with Gasteiger partial charge in [0.15, 0.2) is 0 Å². The molecule has 17 heavy (non-hydrogen) atoms. The molecule has 96 valence electrons. The minimum Gasteiger partial charge on any atom is -0.389 e. The first-order valence-corrected chi connectivity index (χ1v) is 6.77. The molecule has 0 aromatic carbocycles. The Labute approximate surface area is 103 Å². The minimum atomic E-state index is -0.479. The van der Waals surface area contributed by atoms with Crippen LogP contribution < -0.4 is 0 Å². The molecule has 0 radical (unpaired) electrons. The zero-order chi connectivity index (χ0) is 12.3. The largest absolute Gasteiger partial charge is 0.389 e. The van der Waals surface area contributed by atoms with Crippen LogP contribution in [0.4, 0.5) is 0 Å². The number of rotatable bonds is 3. The van der Waals surface area contributed by atoms with Gasteiger partial charge >= 0.3 is 0 Å². The summed E-state index contributed by atoms with van der Waals surface area (Å²) < 4.78 is 0. The quantitative estimate of drug-likeness (QED) is 0.764. The molecular formula is C14H23NO2. The number of fused-ring (bicyclic) bond motifs is 1. The van der Waals surface area contributed by atoms with Gasteiger partial charge in [-0.15, -0.1) is 6.58 Å². The summed E-state index contributed by atoms with van der Waals surface area (Å²) in [6, 6.07) is 0. The topological polar surface area (TPSA) is 40.5 Å². The van der Waals surface area contributed by atoms with Gasteiger partial charge in [-0.05, 0) is 25.7 Å². The number of amides is 1. The Morgan fingerprint density at radius 1 is 1.47 bits per heavy atom. The Morgan fingerprint density at radius 3 is 3.06 bits per heavy atom. The van der Waals surface area contributed by atoms with Crippen LogP contribution in [-0.4, -0.2) is 34.6 Å². The summed E-state index contributed by atoms with van der Waals surface area (Å²) in [5, 5.41) is 10.5. The lowest BCUT2D eigenvalue weighted by atomic mass is 9.71. The zero-order valence-corrected chi connectivity index (χ0v) is 10.5. The van der Waals surface area contributed by atoms with Crippen molar-refractivity contribution in [3.8, 4) is 0 Å². The number of carbonyl (C=O) groups is 1. The van der Waals surface area contributed by atoms with Crippen LogP contribution >= 0.6 is 0 Å². The second kappa shape index (κ2) is 5.21. The first-order valence-electron chi connectivity index (χ1n) is 6.77. The van der Waals surface area contributed by atoms with Gasteiger partial charge in [-0.3, -0.25) is 4.79 Å². The fraction of sp³-hybridized carbons (Fsp3) is 0.786. The van der Waals surface area contributed by atoms with Crippen molar-refractivity contribution < 1.29 is 9.90 Å². The van der Waals surface area contributed by atoms with E-state index in [0.29, 0.717) is 12.3 Å². The van der Waals surface area contributed by atoms with Crippen LogP contribution in [0.3, 0.4) is 0 Å². The molecule has 3 nitrogen and oxygen atoms in total. The van der Waals surface area contributed by atoms with E-state index in [0.717, 1.165) is 45.2 Å². The summed E-state index contributed by atoms with van der Waals surface area (Å²) in [6.45, 7) is 5.13. The number of allylic oxidation sites excluding steroid dienone is 1. The molecule has 1 amide bonds. The van der Waals surface area contributed by atoms with Gasteiger partial charge in [0.1, 0.15) is 0 Å². The van der Waals surface area contributed by atoms with Crippen LogP contribution in [0.1, 0.15) is 44.9 Å². The maximum Gasteiger partial charge on any atom is 0.222 e. The summed E-state index contributed by atoms with van der Waals surface area (Å²) in [7, 11) is 0. The molecule has 0 bridgehead atoms. The van der Waals surface area contributed by atoms with E-state index in [4.69, 9.17) is 0 Å². The number of piperidine rings is 1. The third-order valence-electron chi connectivity index (χ3n) is 4.34. The summed E-state index contributed by atoms with van der Waals surface area (Å²) >= 11 is 0. The van der Waals surface area contributed by atoms with E-state index < -0.39 is 5.60 Å². The molecule has 0 spiro atoms. The third kappa shape index (κ3) is 2.71. The van der Waals surface area contributed by atoms with Crippen LogP contribution in [0, 0.1) is 5.92 Å². The van der Waals surface area contributed by atoms with E-state index in [-0.39, 0.29) is 5.91 Å². The third-order valence-corrected chi connectivity index (χ3v) is 4.34. The van der Waals surface area contributed by atoms with Gasteiger partial charge in [0.2, 0.25) is 5.91 Å². The van der Waals surface area contributed by atoms with Crippen molar-refractivity contribution in [1.29, 1.82) is 0 Å². The second-order valence-corrected chi connectivity index (χ2v) is 5.46. The molecule has 0 aromatic rings. The van der Waals surface area contributed by atoms with Gasteiger partial charge in [-0.1, -0.05) is 18.9 Å². The van der Waals surface area contributed by atoms with Crippen molar-refractivity contribution in [2.75, 3.05) is 13.1 Å². The number of nitrogens with zero attached hydrogens (tertiary/aromatic N) is 1. The molecule has 1 aliphatic heterocycles. The number of hydrogen-bond donors (Lipinski definition) is 1. The highest BCUT2D eigenvalue weighted by molar-refractivity contribution is 5.76. The van der Waals surface area contributed by atoms with Crippen LogP contribution in [-0.2, 0) is 4.79 Å². The van der Waals surface area contributed by atoms with Crippen molar-refractivity contribution >= 4 is 5.91 Å². The molecule has 2 unspecified atom stereocenters. The smallest absolute Gasteiger partial charge is 0.222 e. The molecule has 0 aromatic heterocycles. The van der Waals surface area contributed by atoms with Gasteiger partial charge in [0.05, 0.1) is 5.60 Å². The molecule has 1 N–H and O–H groups in total. The Balaban J connectivity index is 1.92. The molecule has 2 fully saturated rings. The fourth-order valence-electron chi connectivity index (χ4n) is 3.18. The molecule has 1 saturated heterocycles. The lowest BCUT2D eigenvalue weighted by Gasteiger charge is -2.47. The number of carbonyl (C=O) groups excluding carboxylic acids is 1. The first kappa shape index (κ1) is 12.6. The standard InChI is InChI=1S/C14H23NO2/c1-2-3-7-13(16)15-10-9-14(17)8-5-4-6-12(14)11-15/h2,12,17H,1,3-11H2. The normalized spacial score (nSPS) is 33.0. The minimum absolute atomic E-state index is 0.220. The SMILES string of the molecule is C=CCCC(=O)N1CCC2(O)CCCCC2C1. The molecule has 2 aliphatic rings. The van der Waals surface area contributed by atoms with E-state index in [9.17, 15) is 9.90 Å². The maximum atomic E-state index is 11.9. The lowest BCUT2D eigenvalue weighted by molar-refractivity contribution is -0.143. The number of likely N-dealkylation sites (tertiary alicyclic amines) is 1. The average molecular weight is 237 g/mol. The van der Waals surface area contributed by atoms with E-state index in [2.05, 4.69) is 6.58 Å². The molecular weight excluding hydrogens is 214 g/mol. The van der Waals surface area contributed by atoms with Crippen LogP contribution in [0.5, 0.6) is 0 Å². The maximum absolute atomic E-state index is 11.9. The van der Waals surface area contributed by atoms with Gasteiger partial charge < -0.3 is 10.0 Å². The highest BCUT2D eigenvalue weighted by Crippen LogP contribution is 2.39. The zero-order valence-electron chi connectivity index (χ0n) is 10.5. The second-order valence-electron chi connectivity index (χ2n) is 5.46. The monoisotopic (exact) mass is 237 g/mol. The molecule has 2 atom stereocenters. The predicted molar refractivity (Wildman–Crippen MR) is 67.5 cm³/mol. The molecule has 1 heterocycles. The summed E-state index contributed by atoms with van der Waals surface area (Å²) in [5.74, 6) is 0.523. The molecule has 1 saturated carbocycles. The van der Waals surface area contributed by atoms with Crippen molar-refractivity contribution in [3.63, 3.8) is 0 Å². The average Bonchev–Trinajstić information content (AvgIpc) is 2.34. The predicted octanol–water partition coefficient (Wildman–Crippen LogP) is 2.11. The lowest BCUT2D eigenvalue weighted by Crippen LogP contribution is -2.54. The Bertz CT molecular complexity index is 303. The van der Waals surface area contributed by atoms with Crippen molar-refractivity contribution in [1.82, 2.24) is 4.90 Å². The van der Waals surface area contributed by atoms with E-state index in [1.165, 1.54) is 6.42 Å². The van der Waals surface area contributed by atoms with Gasteiger partial charge in [0.25, 0.3) is 0 Å². The summed E-state index contributed by atoms with van der Waals surface area (Å²) in [4.78, 5) is 13.9. The molecule has 1 aliphatic carbocycles. The van der Waals surface area contributed by atoms with Gasteiger partial charge in [-0.25, -0.2) is 0 Å². The number of aliphatic hydroxyl groups is 1. The van der Waals surface area contributed by atoms with E-state index in [1.807, 2.05) is 4.90 Å². The first-order chi connectivity index (χ1) is 8.15. The van der Waals surface area contributed by atoms with Gasteiger partial charge in [-0.2, -0.15) is 0 Å². The Hall–Kier alpha value is -0.830. The fourth-order valence-corrected chi connectivity index (χ4v) is 3.18. The van der Waals surface area contributed by atoms with Crippen LogP contribution in [0.2, 0.25) is 0 Å².